The third-order valence-electron chi connectivity index (χ3n) is 4.98. The Morgan fingerprint density at radius 2 is 1.59 bits per heavy atom. The number of nitrogens with zero attached hydrogens (tertiary/aromatic N) is 1. The van der Waals surface area contributed by atoms with Crippen LogP contribution in [0.1, 0.15) is 0 Å². The summed E-state index contributed by atoms with van der Waals surface area (Å²) in [6, 6.07) is 24.1. The molecule has 0 radical (unpaired) electrons. The number of anilines is 3. The number of sulfonamides is 1. The van der Waals surface area contributed by atoms with Crippen LogP contribution in [0.25, 0.3) is 21.0 Å². The Kier molecular flexibility index (Phi) is 5.82. The number of hydrogen-bond donors (Lipinski definition) is 3. The van der Waals surface area contributed by atoms with E-state index in [0.717, 1.165) is 15.5 Å². The van der Waals surface area contributed by atoms with Crippen molar-refractivity contribution in [2.75, 3.05) is 15.4 Å². The van der Waals surface area contributed by atoms with Gasteiger partial charge in [0.1, 0.15) is 0 Å². The summed E-state index contributed by atoms with van der Waals surface area (Å²) in [6.45, 7) is 0. The predicted molar refractivity (Wildman–Crippen MR) is 138 cm³/mol. The average Bonchev–Trinajstić information content (AvgIpc) is 3.19. The van der Waals surface area contributed by atoms with Crippen molar-refractivity contribution in [1.29, 1.82) is 0 Å². The normalized spacial score (nSPS) is 11.4. The SMILES string of the molecule is O=C(Nc1cccc(Cl)c1)Nc1ccc2nc(NS(=O)(=O)c3ccc4ccccc4c3)sc2c1. The zero-order valence-electron chi connectivity index (χ0n) is 17.4. The number of thiazole rings is 1. The lowest BCUT2D eigenvalue weighted by molar-refractivity contribution is 0.262. The Bertz CT molecular complexity index is 1650. The zero-order valence-corrected chi connectivity index (χ0v) is 19.8. The molecule has 0 bridgehead atoms. The smallest absolute Gasteiger partial charge is 0.308 e. The van der Waals surface area contributed by atoms with Crippen molar-refractivity contribution in [2.24, 2.45) is 0 Å². The first-order valence-corrected chi connectivity index (χ1v) is 12.8. The molecule has 170 valence electrons. The monoisotopic (exact) mass is 508 g/mol. The minimum absolute atomic E-state index is 0.158. The van der Waals surface area contributed by atoms with Crippen LogP contribution in [0.2, 0.25) is 5.02 Å². The Morgan fingerprint density at radius 1 is 0.824 bits per heavy atom. The van der Waals surface area contributed by atoms with Crippen molar-refractivity contribution >= 4 is 76.5 Å². The number of aromatic nitrogens is 1. The number of carbonyl (C=O) groups excluding carboxylic acids is 1. The first-order valence-electron chi connectivity index (χ1n) is 10.1. The highest BCUT2D eigenvalue weighted by atomic mass is 35.5. The fourth-order valence-corrected chi connectivity index (χ4v) is 5.78. The minimum Gasteiger partial charge on any atom is -0.308 e. The van der Waals surface area contributed by atoms with Crippen LogP contribution in [0.4, 0.5) is 21.3 Å². The fraction of sp³-hybridized carbons (Fsp3) is 0. The standard InChI is InChI=1S/C24H17ClN4O3S2/c25-17-6-3-7-18(13-17)26-23(30)27-19-9-11-21-22(14-19)33-24(28-21)29-34(31,32)20-10-8-15-4-1-2-5-16(15)12-20/h1-14H,(H,28,29)(H2,26,27,30). The number of nitrogens with one attached hydrogen (secondary N) is 3. The molecule has 5 aromatic rings. The van der Waals surface area contributed by atoms with Gasteiger partial charge in [-0.05, 0) is 59.3 Å². The molecule has 3 N–H and O–H groups in total. The summed E-state index contributed by atoms with van der Waals surface area (Å²) in [5, 5.41) is 8.01. The second kappa shape index (κ2) is 8.94. The molecule has 0 saturated carbocycles. The van der Waals surface area contributed by atoms with E-state index in [-0.39, 0.29) is 10.0 Å². The van der Waals surface area contributed by atoms with E-state index in [1.807, 2.05) is 24.3 Å². The van der Waals surface area contributed by atoms with Gasteiger partial charge >= 0.3 is 6.03 Å². The van der Waals surface area contributed by atoms with E-state index in [2.05, 4.69) is 20.3 Å². The molecule has 0 fully saturated rings. The van der Waals surface area contributed by atoms with E-state index in [1.165, 1.54) is 11.3 Å². The molecule has 0 saturated heterocycles. The van der Waals surface area contributed by atoms with Crippen molar-refractivity contribution in [3.05, 3.63) is 90.0 Å². The van der Waals surface area contributed by atoms with Gasteiger partial charge in [0.2, 0.25) is 0 Å². The molecule has 0 aliphatic heterocycles. The number of benzene rings is 4. The number of amides is 2. The highest BCUT2D eigenvalue weighted by Gasteiger charge is 2.17. The van der Waals surface area contributed by atoms with E-state index in [1.54, 1.807) is 60.7 Å². The molecule has 4 aromatic carbocycles. The topological polar surface area (TPSA) is 100 Å². The molecule has 0 atom stereocenters. The number of halogens is 1. The van der Waals surface area contributed by atoms with Crippen LogP contribution >= 0.6 is 22.9 Å². The number of urea groups is 1. The van der Waals surface area contributed by atoms with Gasteiger partial charge in [0.05, 0.1) is 15.1 Å². The molecule has 2 amide bonds. The first-order chi connectivity index (χ1) is 16.4. The van der Waals surface area contributed by atoms with Crippen LogP contribution in [-0.2, 0) is 10.0 Å². The van der Waals surface area contributed by atoms with Crippen LogP contribution < -0.4 is 15.4 Å². The second-order valence-electron chi connectivity index (χ2n) is 7.41. The predicted octanol–water partition coefficient (Wildman–Crippen LogP) is 6.55. The summed E-state index contributed by atoms with van der Waals surface area (Å²) < 4.78 is 29.1. The molecular formula is C24H17ClN4O3S2. The van der Waals surface area contributed by atoms with Crippen LogP contribution in [0.15, 0.2) is 89.8 Å². The molecule has 7 nitrogen and oxygen atoms in total. The number of carbonyl (C=O) groups is 1. The van der Waals surface area contributed by atoms with Gasteiger partial charge in [0, 0.05) is 16.4 Å². The summed E-state index contributed by atoms with van der Waals surface area (Å²) in [6.07, 6.45) is 0. The third kappa shape index (κ3) is 4.81. The van der Waals surface area contributed by atoms with Gasteiger partial charge in [-0.1, -0.05) is 59.3 Å². The Morgan fingerprint density at radius 3 is 2.38 bits per heavy atom. The molecule has 1 aromatic heterocycles. The van der Waals surface area contributed by atoms with E-state index in [4.69, 9.17) is 11.6 Å². The quantitative estimate of drug-likeness (QED) is 0.250. The summed E-state index contributed by atoms with van der Waals surface area (Å²) in [5.74, 6) is 0. The Labute approximate surface area is 204 Å². The van der Waals surface area contributed by atoms with Gasteiger partial charge in [0.15, 0.2) is 5.13 Å². The largest absolute Gasteiger partial charge is 0.323 e. The number of rotatable bonds is 5. The summed E-state index contributed by atoms with van der Waals surface area (Å²) in [7, 11) is -3.81. The van der Waals surface area contributed by atoms with Crippen molar-refractivity contribution in [3.63, 3.8) is 0 Å². The van der Waals surface area contributed by atoms with Crippen molar-refractivity contribution < 1.29 is 13.2 Å². The first kappa shape index (κ1) is 22.1. The van der Waals surface area contributed by atoms with Crippen LogP contribution in [0.3, 0.4) is 0 Å². The van der Waals surface area contributed by atoms with Crippen molar-refractivity contribution in [2.45, 2.75) is 4.90 Å². The fourth-order valence-electron chi connectivity index (χ4n) is 3.41. The lowest BCUT2D eigenvalue weighted by Crippen LogP contribution is -2.19. The lowest BCUT2D eigenvalue weighted by atomic mass is 10.1. The van der Waals surface area contributed by atoms with Gasteiger partial charge in [-0.15, -0.1) is 0 Å². The van der Waals surface area contributed by atoms with E-state index in [0.29, 0.717) is 21.9 Å². The molecule has 0 unspecified atom stereocenters. The van der Waals surface area contributed by atoms with Gasteiger partial charge in [-0.3, -0.25) is 4.72 Å². The average molecular weight is 509 g/mol. The van der Waals surface area contributed by atoms with Gasteiger partial charge in [-0.25, -0.2) is 18.2 Å². The molecule has 10 heteroatoms. The van der Waals surface area contributed by atoms with Gasteiger partial charge < -0.3 is 10.6 Å². The summed E-state index contributed by atoms with van der Waals surface area (Å²) in [4.78, 5) is 16.8. The highest BCUT2D eigenvalue weighted by molar-refractivity contribution is 7.93. The van der Waals surface area contributed by atoms with Crippen LogP contribution in [-0.4, -0.2) is 19.4 Å². The van der Waals surface area contributed by atoms with Crippen molar-refractivity contribution in [1.82, 2.24) is 4.98 Å². The Hall–Kier alpha value is -3.66. The maximum atomic E-state index is 12.9. The minimum atomic E-state index is -3.81. The lowest BCUT2D eigenvalue weighted by Gasteiger charge is -2.07. The van der Waals surface area contributed by atoms with E-state index >= 15 is 0 Å². The molecule has 0 aliphatic rings. The highest BCUT2D eigenvalue weighted by Crippen LogP contribution is 2.30. The summed E-state index contributed by atoms with van der Waals surface area (Å²) in [5.41, 5.74) is 1.72. The molecular weight excluding hydrogens is 492 g/mol. The van der Waals surface area contributed by atoms with Crippen LogP contribution in [0, 0.1) is 0 Å². The molecule has 0 spiro atoms. The Balaban J connectivity index is 1.33. The van der Waals surface area contributed by atoms with Crippen molar-refractivity contribution in [3.8, 4) is 0 Å². The van der Waals surface area contributed by atoms with Crippen LogP contribution in [0.5, 0.6) is 0 Å². The molecule has 0 aliphatic carbocycles. The van der Waals surface area contributed by atoms with Gasteiger partial charge in [0.25, 0.3) is 10.0 Å². The number of fused-ring (bicyclic) bond motifs is 2. The zero-order chi connectivity index (χ0) is 23.7. The maximum absolute atomic E-state index is 12.9. The van der Waals surface area contributed by atoms with E-state index in [9.17, 15) is 13.2 Å². The molecule has 5 rings (SSSR count). The third-order valence-corrected chi connectivity index (χ3v) is 7.62. The number of hydrogen-bond acceptors (Lipinski definition) is 5. The maximum Gasteiger partial charge on any atom is 0.323 e. The molecule has 34 heavy (non-hydrogen) atoms. The van der Waals surface area contributed by atoms with Gasteiger partial charge in [-0.2, -0.15) is 0 Å². The summed E-state index contributed by atoms with van der Waals surface area (Å²) >= 11 is 7.12. The molecule has 1 heterocycles. The van der Waals surface area contributed by atoms with E-state index < -0.39 is 16.1 Å². The second-order valence-corrected chi connectivity index (χ2v) is 10.6.